The van der Waals surface area contributed by atoms with Crippen LogP contribution >= 0.6 is 0 Å². The first-order valence-electron chi connectivity index (χ1n) is 2.92. The van der Waals surface area contributed by atoms with Crippen molar-refractivity contribution in [3.63, 3.8) is 0 Å². The number of imide groups is 1. The molecule has 1 heterocycles. The van der Waals surface area contributed by atoms with Gasteiger partial charge < -0.3 is 5.73 Å². The zero-order valence-corrected chi connectivity index (χ0v) is 5.43. The van der Waals surface area contributed by atoms with Gasteiger partial charge in [-0.05, 0) is 0 Å². The highest BCUT2D eigenvalue weighted by Crippen LogP contribution is 2.22. The number of hydrogen-bond donors (Lipinski definition) is 2. The molecule has 1 fully saturated rings. The number of carbonyl (C=O) groups excluding carboxylic acids is 2. The normalized spacial score (nSPS) is 29.9. The summed E-state index contributed by atoms with van der Waals surface area (Å²) in [5.41, 5.74) is 4.97. The SMILES string of the molecule is NC1CC(F)(F)C(=O)NC1=O. The van der Waals surface area contributed by atoms with E-state index in [4.69, 9.17) is 5.73 Å². The van der Waals surface area contributed by atoms with Crippen molar-refractivity contribution >= 4 is 11.8 Å². The molecule has 2 amide bonds. The van der Waals surface area contributed by atoms with Gasteiger partial charge in [-0.2, -0.15) is 8.78 Å². The molecule has 1 aliphatic rings. The van der Waals surface area contributed by atoms with Crippen molar-refractivity contribution in [2.45, 2.75) is 18.4 Å². The van der Waals surface area contributed by atoms with E-state index in [-0.39, 0.29) is 0 Å². The van der Waals surface area contributed by atoms with E-state index >= 15 is 0 Å². The maximum atomic E-state index is 12.4. The van der Waals surface area contributed by atoms with Gasteiger partial charge in [0.15, 0.2) is 0 Å². The molecular weight excluding hydrogens is 158 g/mol. The smallest absolute Gasteiger partial charge is 0.320 e. The molecule has 0 aromatic rings. The second kappa shape index (κ2) is 2.23. The van der Waals surface area contributed by atoms with Crippen LogP contribution in [-0.4, -0.2) is 23.8 Å². The van der Waals surface area contributed by atoms with Crippen LogP contribution in [-0.2, 0) is 9.59 Å². The first kappa shape index (κ1) is 8.06. The number of alkyl halides is 2. The number of halogens is 2. The zero-order chi connectivity index (χ0) is 8.65. The van der Waals surface area contributed by atoms with Gasteiger partial charge in [-0.15, -0.1) is 0 Å². The molecule has 0 bridgehead atoms. The van der Waals surface area contributed by atoms with Crippen LogP contribution in [0.4, 0.5) is 8.78 Å². The third kappa shape index (κ3) is 1.35. The van der Waals surface area contributed by atoms with Crippen molar-refractivity contribution in [2.24, 2.45) is 5.73 Å². The van der Waals surface area contributed by atoms with Gasteiger partial charge >= 0.3 is 5.92 Å². The monoisotopic (exact) mass is 164 g/mol. The van der Waals surface area contributed by atoms with Gasteiger partial charge in [-0.3, -0.25) is 14.9 Å². The third-order valence-corrected chi connectivity index (χ3v) is 1.38. The number of amides is 2. The fourth-order valence-corrected chi connectivity index (χ4v) is 0.758. The Morgan fingerprint density at radius 3 is 2.55 bits per heavy atom. The molecule has 6 heteroatoms. The minimum absolute atomic E-state index is 0.846. The van der Waals surface area contributed by atoms with Crippen molar-refractivity contribution in [2.75, 3.05) is 0 Å². The molecule has 1 saturated heterocycles. The molecule has 0 aromatic heterocycles. The Bertz CT molecular complexity index is 217. The van der Waals surface area contributed by atoms with Crippen molar-refractivity contribution in [1.82, 2.24) is 5.32 Å². The predicted molar refractivity (Wildman–Crippen MR) is 30.7 cm³/mol. The Morgan fingerprint density at radius 1 is 1.55 bits per heavy atom. The van der Waals surface area contributed by atoms with Crippen LogP contribution in [0.2, 0.25) is 0 Å². The number of nitrogens with two attached hydrogens (primary N) is 1. The minimum Gasteiger partial charge on any atom is -0.320 e. The number of nitrogens with one attached hydrogen (secondary N) is 1. The fraction of sp³-hybridized carbons (Fsp3) is 0.600. The van der Waals surface area contributed by atoms with E-state index < -0.39 is 30.2 Å². The molecule has 0 saturated carbocycles. The number of rotatable bonds is 0. The van der Waals surface area contributed by atoms with Crippen LogP contribution in [0.1, 0.15) is 6.42 Å². The lowest BCUT2D eigenvalue weighted by molar-refractivity contribution is -0.156. The lowest BCUT2D eigenvalue weighted by Gasteiger charge is -2.24. The summed E-state index contributed by atoms with van der Waals surface area (Å²) < 4.78 is 24.8. The van der Waals surface area contributed by atoms with Crippen LogP contribution in [0.3, 0.4) is 0 Å². The molecular formula is C5H6F2N2O2. The van der Waals surface area contributed by atoms with Crippen molar-refractivity contribution in [3.05, 3.63) is 0 Å². The average molecular weight is 164 g/mol. The molecule has 1 aliphatic heterocycles. The molecule has 4 nitrogen and oxygen atoms in total. The average Bonchev–Trinajstić information content (AvgIpc) is 1.83. The minimum atomic E-state index is -3.51. The van der Waals surface area contributed by atoms with Gasteiger partial charge in [0.05, 0.1) is 6.04 Å². The second-order valence-electron chi connectivity index (χ2n) is 2.33. The predicted octanol–water partition coefficient (Wildman–Crippen LogP) is -1.00. The molecule has 1 unspecified atom stereocenters. The van der Waals surface area contributed by atoms with Gasteiger partial charge in [0.25, 0.3) is 5.91 Å². The first-order chi connectivity index (χ1) is 4.93. The molecule has 0 aliphatic carbocycles. The lowest BCUT2D eigenvalue weighted by atomic mass is 10.0. The van der Waals surface area contributed by atoms with Crippen LogP contribution in [0.25, 0.3) is 0 Å². The number of carbonyl (C=O) groups is 2. The summed E-state index contributed by atoms with van der Waals surface area (Å²) >= 11 is 0. The Morgan fingerprint density at radius 2 is 2.09 bits per heavy atom. The molecule has 11 heavy (non-hydrogen) atoms. The van der Waals surface area contributed by atoms with Gasteiger partial charge in [0.2, 0.25) is 5.91 Å². The van der Waals surface area contributed by atoms with E-state index in [0.29, 0.717) is 0 Å². The Balaban J connectivity index is 2.79. The summed E-state index contributed by atoms with van der Waals surface area (Å²) in [4.78, 5) is 20.8. The summed E-state index contributed by atoms with van der Waals surface area (Å²) in [5.74, 6) is -5.92. The number of hydrogen-bond acceptors (Lipinski definition) is 3. The van der Waals surface area contributed by atoms with E-state index in [1.54, 1.807) is 0 Å². The Labute approximate surface area is 60.7 Å². The zero-order valence-electron chi connectivity index (χ0n) is 5.43. The molecule has 1 rings (SSSR count). The Kier molecular flexibility index (Phi) is 1.63. The van der Waals surface area contributed by atoms with Crippen LogP contribution in [0, 0.1) is 0 Å². The van der Waals surface area contributed by atoms with Crippen LogP contribution < -0.4 is 11.1 Å². The van der Waals surface area contributed by atoms with Crippen LogP contribution in [0.15, 0.2) is 0 Å². The number of piperidine rings is 1. The van der Waals surface area contributed by atoms with E-state index in [1.165, 1.54) is 5.32 Å². The highest BCUT2D eigenvalue weighted by molar-refractivity contribution is 6.03. The molecule has 3 N–H and O–H groups in total. The van der Waals surface area contributed by atoms with Crippen molar-refractivity contribution in [1.29, 1.82) is 0 Å². The summed E-state index contributed by atoms with van der Waals surface area (Å²) in [6.07, 6.45) is -0.905. The second-order valence-corrected chi connectivity index (χ2v) is 2.33. The maximum Gasteiger partial charge on any atom is 0.327 e. The molecule has 1 atom stereocenters. The fourth-order valence-electron chi connectivity index (χ4n) is 0.758. The maximum absolute atomic E-state index is 12.4. The Hall–Kier alpha value is -1.04. The molecule has 0 aromatic carbocycles. The van der Waals surface area contributed by atoms with Gasteiger partial charge in [0, 0.05) is 6.42 Å². The molecule has 0 radical (unpaired) electrons. The van der Waals surface area contributed by atoms with Crippen molar-refractivity contribution in [3.8, 4) is 0 Å². The van der Waals surface area contributed by atoms with Gasteiger partial charge in [0.1, 0.15) is 0 Å². The quantitative estimate of drug-likeness (QED) is 0.451. The van der Waals surface area contributed by atoms with Crippen LogP contribution in [0.5, 0.6) is 0 Å². The topological polar surface area (TPSA) is 72.2 Å². The van der Waals surface area contributed by atoms with E-state index in [2.05, 4.69) is 0 Å². The van der Waals surface area contributed by atoms with E-state index in [1.807, 2.05) is 0 Å². The molecule has 0 spiro atoms. The summed E-state index contributed by atoms with van der Waals surface area (Å²) in [6, 6.07) is -1.29. The standard InChI is InChI=1S/C5H6F2N2O2/c6-5(7)1-2(8)3(10)9-4(5)11/h2H,1,8H2,(H,9,10,11). The highest BCUT2D eigenvalue weighted by atomic mass is 19.3. The summed E-state index contributed by atoms with van der Waals surface area (Å²) in [7, 11) is 0. The van der Waals surface area contributed by atoms with E-state index in [0.717, 1.165) is 0 Å². The first-order valence-corrected chi connectivity index (χ1v) is 2.92. The summed E-state index contributed by atoms with van der Waals surface area (Å²) in [5, 5.41) is 1.47. The van der Waals surface area contributed by atoms with Gasteiger partial charge in [-0.1, -0.05) is 0 Å². The van der Waals surface area contributed by atoms with Crippen molar-refractivity contribution < 1.29 is 18.4 Å². The highest BCUT2D eigenvalue weighted by Gasteiger charge is 2.47. The molecule has 62 valence electrons. The van der Waals surface area contributed by atoms with E-state index in [9.17, 15) is 18.4 Å². The third-order valence-electron chi connectivity index (χ3n) is 1.38. The van der Waals surface area contributed by atoms with Gasteiger partial charge in [-0.25, -0.2) is 0 Å². The lowest BCUT2D eigenvalue weighted by Crippen LogP contribution is -2.57. The summed E-state index contributed by atoms with van der Waals surface area (Å²) in [6.45, 7) is 0. The largest absolute Gasteiger partial charge is 0.327 e.